The van der Waals surface area contributed by atoms with E-state index in [0.717, 1.165) is 28.3 Å². The van der Waals surface area contributed by atoms with Crippen molar-refractivity contribution in [3.05, 3.63) is 71.3 Å². The Hall–Kier alpha value is -2.90. The van der Waals surface area contributed by atoms with Gasteiger partial charge >= 0.3 is 0 Å². The van der Waals surface area contributed by atoms with Crippen molar-refractivity contribution >= 4 is 40.3 Å². The third-order valence-corrected chi connectivity index (χ3v) is 6.23. The summed E-state index contributed by atoms with van der Waals surface area (Å²) in [5.41, 5.74) is 3.54. The highest BCUT2D eigenvalue weighted by Crippen LogP contribution is 2.34. The molecule has 1 aromatic heterocycles. The molecule has 0 N–H and O–H groups in total. The molecule has 0 spiro atoms. The Morgan fingerprint density at radius 2 is 1.84 bits per heavy atom. The second-order valence-electron chi connectivity index (χ2n) is 7.68. The Morgan fingerprint density at radius 3 is 2.45 bits per heavy atom. The average Bonchev–Trinajstić information content (AvgIpc) is 3.30. The number of benzene rings is 2. The molecule has 2 aromatic carbocycles. The number of nitrogens with zero attached hydrogens (tertiary/aromatic N) is 3. The van der Waals surface area contributed by atoms with Crippen molar-refractivity contribution in [3.63, 3.8) is 0 Å². The van der Waals surface area contributed by atoms with Gasteiger partial charge in [-0.2, -0.15) is 5.10 Å². The van der Waals surface area contributed by atoms with Crippen LogP contribution in [0.5, 0.6) is 5.75 Å². The number of amides is 1. The molecule has 4 rings (SSSR count). The molecule has 1 aliphatic rings. The molecule has 0 atom stereocenters. The second-order valence-corrected chi connectivity index (χ2v) is 9.36. The highest BCUT2D eigenvalue weighted by Gasteiger charge is 2.29. The predicted molar refractivity (Wildman–Crippen MR) is 130 cm³/mol. The number of rotatable bonds is 6. The SMILES string of the molecule is CC(C)COc1ccc(-c2nn(-c3ccccc3)cc2C=C2SC(=S)N(C)C2=O)cc1. The molecule has 0 radical (unpaired) electrons. The van der Waals surface area contributed by atoms with Gasteiger partial charge in [-0.3, -0.25) is 9.69 Å². The molecule has 31 heavy (non-hydrogen) atoms. The van der Waals surface area contributed by atoms with Crippen molar-refractivity contribution in [3.8, 4) is 22.7 Å². The van der Waals surface area contributed by atoms with Crippen LogP contribution in [0.1, 0.15) is 19.4 Å². The monoisotopic (exact) mass is 449 g/mol. The molecule has 1 fully saturated rings. The lowest BCUT2D eigenvalue weighted by atomic mass is 10.1. The maximum atomic E-state index is 12.5. The number of likely N-dealkylation sites (N-methyl/N-ethyl adjacent to an activating group) is 1. The standard InChI is InChI=1S/C24H23N3O2S2/c1-16(2)15-29-20-11-9-17(10-12-20)22-18(13-21-23(28)26(3)24(30)31-21)14-27(25-22)19-7-5-4-6-8-19/h4-14,16H,15H2,1-3H3. The summed E-state index contributed by atoms with van der Waals surface area (Å²) in [6.45, 7) is 4.91. The molecular weight excluding hydrogens is 426 g/mol. The number of aromatic nitrogens is 2. The van der Waals surface area contributed by atoms with Gasteiger partial charge in [0.05, 0.1) is 22.9 Å². The van der Waals surface area contributed by atoms with E-state index in [1.807, 2.05) is 71.6 Å². The summed E-state index contributed by atoms with van der Waals surface area (Å²) >= 11 is 6.58. The van der Waals surface area contributed by atoms with Gasteiger partial charge in [-0.1, -0.05) is 56.0 Å². The smallest absolute Gasteiger partial charge is 0.265 e. The number of hydrogen-bond donors (Lipinski definition) is 0. The van der Waals surface area contributed by atoms with Crippen molar-refractivity contribution in [2.24, 2.45) is 5.92 Å². The van der Waals surface area contributed by atoms with E-state index in [0.29, 0.717) is 21.8 Å². The van der Waals surface area contributed by atoms with Crippen molar-refractivity contribution < 1.29 is 9.53 Å². The molecule has 1 saturated heterocycles. The molecule has 7 heteroatoms. The molecular formula is C24H23N3O2S2. The Labute approximate surface area is 191 Å². The molecule has 0 saturated carbocycles. The van der Waals surface area contributed by atoms with Gasteiger partial charge in [-0.25, -0.2) is 4.68 Å². The van der Waals surface area contributed by atoms with Crippen LogP contribution in [0.2, 0.25) is 0 Å². The maximum Gasteiger partial charge on any atom is 0.265 e. The lowest BCUT2D eigenvalue weighted by Crippen LogP contribution is -2.22. The summed E-state index contributed by atoms with van der Waals surface area (Å²) in [6, 6.07) is 17.8. The number of thioether (sulfide) groups is 1. The highest BCUT2D eigenvalue weighted by molar-refractivity contribution is 8.26. The zero-order valence-electron chi connectivity index (χ0n) is 17.6. The van der Waals surface area contributed by atoms with E-state index in [4.69, 9.17) is 22.1 Å². The highest BCUT2D eigenvalue weighted by atomic mass is 32.2. The normalized spacial score (nSPS) is 15.4. The van der Waals surface area contributed by atoms with Crippen LogP contribution in [0.15, 0.2) is 65.7 Å². The third kappa shape index (κ3) is 4.73. The lowest BCUT2D eigenvalue weighted by Gasteiger charge is -2.09. The van der Waals surface area contributed by atoms with E-state index in [1.54, 1.807) is 7.05 Å². The zero-order chi connectivity index (χ0) is 22.0. The number of carbonyl (C=O) groups excluding carboxylic acids is 1. The van der Waals surface area contributed by atoms with Crippen molar-refractivity contribution in [1.82, 2.24) is 14.7 Å². The number of hydrogen-bond acceptors (Lipinski definition) is 5. The van der Waals surface area contributed by atoms with Gasteiger partial charge in [-0.15, -0.1) is 0 Å². The van der Waals surface area contributed by atoms with E-state index in [9.17, 15) is 4.79 Å². The first-order valence-electron chi connectivity index (χ1n) is 10.0. The van der Waals surface area contributed by atoms with Crippen LogP contribution in [-0.4, -0.2) is 38.6 Å². The topological polar surface area (TPSA) is 47.4 Å². The fourth-order valence-electron chi connectivity index (χ4n) is 3.09. The first-order chi connectivity index (χ1) is 14.9. The Bertz CT molecular complexity index is 1140. The van der Waals surface area contributed by atoms with Gasteiger partial charge in [0, 0.05) is 24.4 Å². The van der Waals surface area contributed by atoms with Crippen molar-refractivity contribution in [1.29, 1.82) is 0 Å². The minimum atomic E-state index is -0.0918. The molecule has 1 amide bonds. The van der Waals surface area contributed by atoms with Gasteiger partial charge in [0.2, 0.25) is 0 Å². The van der Waals surface area contributed by atoms with Crippen molar-refractivity contribution in [2.45, 2.75) is 13.8 Å². The third-order valence-electron chi connectivity index (χ3n) is 4.75. The van der Waals surface area contributed by atoms with Crippen molar-refractivity contribution in [2.75, 3.05) is 13.7 Å². The molecule has 158 valence electrons. The summed E-state index contributed by atoms with van der Waals surface area (Å²) in [4.78, 5) is 14.6. The van der Waals surface area contributed by atoms with Crippen LogP contribution in [0.3, 0.4) is 0 Å². The average molecular weight is 450 g/mol. The second kappa shape index (κ2) is 9.08. The van der Waals surface area contributed by atoms with Gasteiger partial charge in [0.1, 0.15) is 10.1 Å². The molecule has 0 bridgehead atoms. The summed E-state index contributed by atoms with van der Waals surface area (Å²) in [5.74, 6) is 1.20. The van der Waals surface area contributed by atoms with E-state index >= 15 is 0 Å². The zero-order valence-corrected chi connectivity index (χ0v) is 19.2. The number of para-hydroxylation sites is 1. The van der Waals surface area contributed by atoms with Crippen LogP contribution in [-0.2, 0) is 4.79 Å². The summed E-state index contributed by atoms with van der Waals surface area (Å²) in [5, 5.41) is 4.82. The number of thiocarbonyl (C=S) groups is 1. The van der Waals surface area contributed by atoms with Crippen LogP contribution < -0.4 is 4.74 Å². The van der Waals surface area contributed by atoms with Crippen LogP contribution in [0.25, 0.3) is 23.0 Å². The van der Waals surface area contributed by atoms with Gasteiger partial charge in [-0.05, 0) is 48.4 Å². The van der Waals surface area contributed by atoms with Gasteiger partial charge in [0.15, 0.2) is 0 Å². The molecule has 1 aliphatic heterocycles. The Morgan fingerprint density at radius 1 is 1.13 bits per heavy atom. The lowest BCUT2D eigenvalue weighted by molar-refractivity contribution is -0.121. The minimum Gasteiger partial charge on any atom is -0.493 e. The Balaban J connectivity index is 1.73. The van der Waals surface area contributed by atoms with Crippen LogP contribution in [0.4, 0.5) is 0 Å². The molecule has 2 heterocycles. The maximum absolute atomic E-state index is 12.5. The summed E-state index contributed by atoms with van der Waals surface area (Å²) in [6.07, 6.45) is 3.81. The largest absolute Gasteiger partial charge is 0.493 e. The van der Waals surface area contributed by atoms with E-state index in [1.165, 1.54) is 16.7 Å². The molecule has 3 aromatic rings. The molecule has 5 nitrogen and oxygen atoms in total. The Kier molecular flexibility index (Phi) is 6.25. The van der Waals surface area contributed by atoms with Crippen LogP contribution in [0, 0.1) is 5.92 Å². The van der Waals surface area contributed by atoms with Gasteiger partial charge < -0.3 is 4.74 Å². The van der Waals surface area contributed by atoms with E-state index in [-0.39, 0.29) is 5.91 Å². The first kappa shape index (κ1) is 21.3. The van der Waals surface area contributed by atoms with E-state index < -0.39 is 0 Å². The quantitative estimate of drug-likeness (QED) is 0.372. The summed E-state index contributed by atoms with van der Waals surface area (Å²) < 4.78 is 8.19. The van der Waals surface area contributed by atoms with Gasteiger partial charge in [0.25, 0.3) is 5.91 Å². The molecule has 0 unspecified atom stereocenters. The fourth-order valence-corrected chi connectivity index (χ4v) is 4.26. The number of ether oxygens (including phenoxy) is 1. The molecule has 0 aliphatic carbocycles. The first-order valence-corrected chi connectivity index (χ1v) is 11.2. The summed E-state index contributed by atoms with van der Waals surface area (Å²) in [7, 11) is 1.70. The minimum absolute atomic E-state index is 0.0918. The van der Waals surface area contributed by atoms with E-state index in [2.05, 4.69) is 13.8 Å². The van der Waals surface area contributed by atoms with Crippen LogP contribution >= 0.6 is 24.0 Å². The number of carbonyl (C=O) groups is 1. The fraction of sp³-hybridized carbons (Fsp3) is 0.208. The predicted octanol–water partition coefficient (Wildman–Crippen LogP) is 5.41.